The van der Waals surface area contributed by atoms with Crippen LogP contribution in [0.1, 0.15) is 58.3 Å². The monoisotopic (exact) mass is 460 g/mol. The lowest BCUT2D eigenvalue weighted by Gasteiger charge is -2.35. The Morgan fingerprint density at radius 2 is 2.00 bits per heavy atom. The van der Waals surface area contributed by atoms with Gasteiger partial charge in [0.05, 0.1) is 18.4 Å². The lowest BCUT2D eigenvalue weighted by molar-refractivity contribution is -0.126. The van der Waals surface area contributed by atoms with Crippen LogP contribution in [0.3, 0.4) is 0 Å². The number of nitrogens with zero attached hydrogens (tertiary/aromatic N) is 2. The van der Waals surface area contributed by atoms with Crippen LogP contribution in [0, 0.1) is 35.0 Å². The van der Waals surface area contributed by atoms with Crippen LogP contribution in [0.5, 0.6) is 0 Å². The van der Waals surface area contributed by atoms with Crippen molar-refractivity contribution in [2.45, 2.75) is 82.7 Å². The summed E-state index contributed by atoms with van der Waals surface area (Å²) in [6, 6.07) is 3.26. The zero-order chi connectivity index (χ0) is 23.2. The number of rotatable bonds is 7. The van der Waals surface area contributed by atoms with Crippen molar-refractivity contribution in [3.05, 3.63) is 0 Å². The maximum atomic E-state index is 12.9. The molecule has 0 radical (unpaired) electrons. The minimum absolute atomic E-state index is 0.0981. The fourth-order valence-electron chi connectivity index (χ4n) is 6.16. The number of nitrogens with one attached hydrogen (secondary N) is 6. The summed E-state index contributed by atoms with van der Waals surface area (Å²) in [5, 5.41) is 23.1. The van der Waals surface area contributed by atoms with Gasteiger partial charge in [0.25, 0.3) is 0 Å². The van der Waals surface area contributed by atoms with Crippen molar-refractivity contribution < 1.29 is 4.79 Å². The molecule has 2 aliphatic carbocycles. The van der Waals surface area contributed by atoms with Gasteiger partial charge in [-0.15, -0.1) is 0 Å². The third-order valence-corrected chi connectivity index (χ3v) is 8.56. The summed E-state index contributed by atoms with van der Waals surface area (Å²) >= 11 is 0. The summed E-state index contributed by atoms with van der Waals surface area (Å²) in [4.78, 5) is 15.3. The first-order valence-electron chi connectivity index (χ1n) is 13.1. The standard InChI is InChI=1S/C24H44N8O/c1-16-6-7-17(12-25)10-19(16)13-28-24(33)18-4-3-5-20(11-18)27-14-22-30-31-23(32(22)2)21-8-9-26-15-29-21/h16-23,26-27,29-31H,3-11,13-15H2,1-2H3,(H,28,33). The largest absolute Gasteiger partial charge is 0.356 e. The zero-order valence-corrected chi connectivity index (χ0v) is 20.4. The molecule has 9 nitrogen and oxygen atoms in total. The van der Waals surface area contributed by atoms with Gasteiger partial charge < -0.3 is 16.0 Å². The third-order valence-electron chi connectivity index (χ3n) is 8.56. The van der Waals surface area contributed by atoms with Gasteiger partial charge in [0, 0.05) is 43.7 Å². The van der Waals surface area contributed by atoms with E-state index in [9.17, 15) is 10.1 Å². The van der Waals surface area contributed by atoms with E-state index in [1.54, 1.807) is 0 Å². The second kappa shape index (κ2) is 11.9. The van der Waals surface area contributed by atoms with E-state index in [0.29, 0.717) is 23.9 Å². The third kappa shape index (κ3) is 6.44. The van der Waals surface area contributed by atoms with Crippen LogP contribution in [-0.4, -0.2) is 68.6 Å². The maximum Gasteiger partial charge on any atom is 0.223 e. The molecule has 9 heteroatoms. The molecule has 6 N–H and O–H groups in total. The fraction of sp³-hybridized carbons (Fsp3) is 0.917. The number of carbonyl (C=O) groups excluding carboxylic acids is 1. The molecule has 2 saturated carbocycles. The van der Waals surface area contributed by atoms with E-state index in [1.165, 1.54) is 0 Å². The average molecular weight is 461 g/mol. The molecule has 4 fully saturated rings. The van der Waals surface area contributed by atoms with Crippen molar-refractivity contribution in [1.82, 2.24) is 37.0 Å². The Morgan fingerprint density at radius 3 is 2.79 bits per heavy atom. The smallest absolute Gasteiger partial charge is 0.223 e. The molecule has 33 heavy (non-hydrogen) atoms. The molecule has 0 spiro atoms. The summed E-state index contributed by atoms with van der Waals surface area (Å²) in [5.41, 5.74) is 6.91. The van der Waals surface area contributed by atoms with Crippen molar-refractivity contribution in [2.75, 3.05) is 33.4 Å². The number of nitriles is 1. The van der Waals surface area contributed by atoms with E-state index in [1.807, 2.05) is 0 Å². The summed E-state index contributed by atoms with van der Waals surface area (Å²) in [7, 11) is 2.17. The molecule has 2 saturated heterocycles. The Labute approximate surface area is 199 Å². The zero-order valence-electron chi connectivity index (χ0n) is 20.4. The molecule has 186 valence electrons. The number of likely N-dealkylation sites (N-methyl/N-ethyl adjacent to an activating group) is 1. The van der Waals surface area contributed by atoms with Gasteiger partial charge in [-0.2, -0.15) is 5.26 Å². The summed E-state index contributed by atoms with van der Waals surface area (Å²) < 4.78 is 0. The normalized spacial score (nSPS) is 40.3. The highest BCUT2D eigenvalue weighted by atomic mass is 16.1. The predicted molar refractivity (Wildman–Crippen MR) is 128 cm³/mol. The van der Waals surface area contributed by atoms with Crippen molar-refractivity contribution in [1.29, 1.82) is 5.26 Å². The minimum Gasteiger partial charge on any atom is -0.356 e. The van der Waals surface area contributed by atoms with Crippen LogP contribution < -0.4 is 32.1 Å². The van der Waals surface area contributed by atoms with Gasteiger partial charge in [-0.05, 0) is 70.4 Å². The Hall–Kier alpha value is -1.28. The molecule has 1 amide bonds. The van der Waals surface area contributed by atoms with Gasteiger partial charge >= 0.3 is 0 Å². The van der Waals surface area contributed by atoms with Crippen LogP contribution in [0.15, 0.2) is 0 Å². The Morgan fingerprint density at radius 1 is 1.12 bits per heavy atom. The fourth-order valence-corrected chi connectivity index (χ4v) is 6.16. The molecule has 0 aromatic carbocycles. The quantitative estimate of drug-likeness (QED) is 0.324. The van der Waals surface area contributed by atoms with Crippen LogP contribution >= 0.6 is 0 Å². The predicted octanol–water partition coefficient (Wildman–Crippen LogP) is 0.428. The first-order valence-corrected chi connectivity index (χ1v) is 13.1. The van der Waals surface area contributed by atoms with Crippen molar-refractivity contribution in [2.24, 2.45) is 23.7 Å². The maximum absolute atomic E-state index is 12.9. The Kier molecular flexibility index (Phi) is 8.97. The Balaban J connectivity index is 1.18. The second-order valence-electron chi connectivity index (χ2n) is 10.8. The molecule has 2 heterocycles. The first kappa shape index (κ1) is 24.8. The summed E-state index contributed by atoms with van der Waals surface area (Å²) in [5.74, 6) is 1.49. The van der Waals surface area contributed by atoms with E-state index < -0.39 is 0 Å². The SMILES string of the molecule is CC1CCC(C#N)CC1CNC(=O)C1CCCC(NCC2NNC(C3CCNCN3)N2C)C1. The van der Waals surface area contributed by atoms with E-state index in [4.69, 9.17) is 0 Å². The summed E-state index contributed by atoms with van der Waals surface area (Å²) in [6.45, 7) is 5.76. The van der Waals surface area contributed by atoms with Gasteiger partial charge in [-0.3, -0.25) is 15.0 Å². The molecule has 0 aromatic heterocycles. The van der Waals surface area contributed by atoms with E-state index in [-0.39, 0.29) is 30.1 Å². The highest BCUT2D eigenvalue weighted by Gasteiger charge is 2.36. The number of hydrogen-bond acceptors (Lipinski definition) is 8. The van der Waals surface area contributed by atoms with Crippen LogP contribution in [-0.2, 0) is 4.79 Å². The molecule has 8 atom stereocenters. The first-order chi connectivity index (χ1) is 16.0. The molecule has 2 aliphatic heterocycles. The summed E-state index contributed by atoms with van der Waals surface area (Å²) in [6.07, 6.45) is 8.80. The molecular weight excluding hydrogens is 416 g/mol. The van der Waals surface area contributed by atoms with E-state index >= 15 is 0 Å². The second-order valence-corrected chi connectivity index (χ2v) is 10.8. The molecule has 4 rings (SSSR count). The van der Waals surface area contributed by atoms with E-state index in [2.05, 4.69) is 57.1 Å². The lowest BCUT2D eigenvalue weighted by Crippen LogP contribution is -2.58. The van der Waals surface area contributed by atoms with Gasteiger partial charge in [0.15, 0.2) is 0 Å². The van der Waals surface area contributed by atoms with Gasteiger partial charge in [0.1, 0.15) is 0 Å². The topological polar surface area (TPSA) is 116 Å². The van der Waals surface area contributed by atoms with Crippen molar-refractivity contribution in [3.63, 3.8) is 0 Å². The lowest BCUT2D eigenvalue weighted by atomic mass is 9.75. The molecule has 0 bridgehead atoms. The number of hydrazine groups is 1. The van der Waals surface area contributed by atoms with Gasteiger partial charge in [0.2, 0.25) is 5.91 Å². The number of hydrogen-bond donors (Lipinski definition) is 6. The highest BCUT2D eigenvalue weighted by Crippen LogP contribution is 2.33. The van der Waals surface area contributed by atoms with Crippen LogP contribution in [0.2, 0.25) is 0 Å². The molecule has 0 aromatic rings. The van der Waals surface area contributed by atoms with Gasteiger partial charge in [-0.25, -0.2) is 10.9 Å². The molecule has 4 aliphatic rings. The van der Waals surface area contributed by atoms with Gasteiger partial charge in [-0.1, -0.05) is 13.3 Å². The number of carbonyl (C=O) groups is 1. The van der Waals surface area contributed by atoms with Crippen molar-refractivity contribution in [3.8, 4) is 6.07 Å². The number of amides is 1. The minimum atomic E-state index is 0.0981. The van der Waals surface area contributed by atoms with E-state index in [0.717, 1.165) is 77.7 Å². The molecule has 8 unspecified atom stereocenters. The Bertz CT molecular complexity index is 678. The van der Waals surface area contributed by atoms with Crippen LogP contribution in [0.25, 0.3) is 0 Å². The van der Waals surface area contributed by atoms with Crippen LogP contribution in [0.4, 0.5) is 0 Å². The average Bonchev–Trinajstić information content (AvgIpc) is 3.23. The van der Waals surface area contributed by atoms with Crippen molar-refractivity contribution >= 4 is 5.91 Å². The highest BCUT2D eigenvalue weighted by molar-refractivity contribution is 5.78. The molecular formula is C24H44N8O.